The molecule has 2 unspecified atom stereocenters. The standard InChI is InChI=1S/C12H15NO3/c1-13-10(9-6-4-3-5-7-9)8-11(16-13)12(14)15-2/h3-7,10-11H,8H2,1-2H3. The van der Waals surface area contributed by atoms with E-state index in [0.29, 0.717) is 6.42 Å². The average molecular weight is 221 g/mol. The summed E-state index contributed by atoms with van der Waals surface area (Å²) < 4.78 is 4.68. The van der Waals surface area contributed by atoms with Crippen molar-refractivity contribution >= 4 is 5.97 Å². The monoisotopic (exact) mass is 221 g/mol. The van der Waals surface area contributed by atoms with Crippen molar-refractivity contribution in [1.82, 2.24) is 5.06 Å². The quantitative estimate of drug-likeness (QED) is 0.710. The highest BCUT2D eigenvalue weighted by molar-refractivity contribution is 5.74. The fraction of sp³-hybridized carbons (Fsp3) is 0.417. The molecule has 0 radical (unpaired) electrons. The van der Waals surface area contributed by atoms with Crippen molar-refractivity contribution in [2.75, 3.05) is 14.2 Å². The van der Waals surface area contributed by atoms with E-state index in [-0.39, 0.29) is 12.0 Å². The molecule has 1 aromatic rings. The van der Waals surface area contributed by atoms with E-state index in [1.807, 2.05) is 37.4 Å². The number of benzene rings is 1. The lowest BCUT2D eigenvalue weighted by atomic mass is 10.0. The zero-order valence-electron chi connectivity index (χ0n) is 9.42. The van der Waals surface area contributed by atoms with Crippen molar-refractivity contribution in [3.05, 3.63) is 35.9 Å². The summed E-state index contributed by atoms with van der Waals surface area (Å²) in [5.41, 5.74) is 1.15. The third kappa shape index (κ3) is 2.08. The van der Waals surface area contributed by atoms with Crippen LogP contribution < -0.4 is 0 Å². The number of hydroxylamine groups is 2. The Balaban J connectivity index is 2.11. The summed E-state index contributed by atoms with van der Waals surface area (Å²) in [7, 11) is 3.21. The van der Waals surface area contributed by atoms with E-state index in [1.165, 1.54) is 7.11 Å². The Morgan fingerprint density at radius 1 is 1.44 bits per heavy atom. The van der Waals surface area contributed by atoms with Gasteiger partial charge in [-0.3, -0.25) is 4.84 Å². The predicted octanol–water partition coefficient (Wildman–Crippen LogP) is 1.54. The van der Waals surface area contributed by atoms with Crippen LogP contribution in [-0.2, 0) is 14.4 Å². The number of carbonyl (C=O) groups excluding carboxylic acids is 1. The van der Waals surface area contributed by atoms with Gasteiger partial charge in [0.1, 0.15) is 0 Å². The van der Waals surface area contributed by atoms with Crippen molar-refractivity contribution in [3.63, 3.8) is 0 Å². The maximum atomic E-state index is 11.4. The largest absolute Gasteiger partial charge is 0.467 e. The van der Waals surface area contributed by atoms with Crippen molar-refractivity contribution in [3.8, 4) is 0 Å². The van der Waals surface area contributed by atoms with Crippen LogP contribution in [0.2, 0.25) is 0 Å². The number of rotatable bonds is 2. The first-order valence-electron chi connectivity index (χ1n) is 5.24. The summed E-state index contributed by atoms with van der Waals surface area (Å²) in [6.45, 7) is 0. The minimum Gasteiger partial charge on any atom is -0.467 e. The molecule has 0 saturated carbocycles. The molecule has 1 aliphatic heterocycles. The molecule has 86 valence electrons. The summed E-state index contributed by atoms with van der Waals surface area (Å²) in [5, 5.41) is 1.72. The van der Waals surface area contributed by atoms with Gasteiger partial charge in [0.2, 0.25) is 0 Å². The second-order valence-corrected chi connectivity index (χ2v) is 3.83. The molecule has 0 amide bonds. The number of methoxy groups -OCH3 is 1. The third-order valence-electron chi connectivity index (χ3n) is 2.82. The maximum absolute atomic E-state index is 11.4. The number of nitrogens with zero attached hydrogens (tertiary/aromatic N) is 1. The van der Waals surface area contributed by atoms with Crippen molar-refractivity contribution in [1.29, 1.82) is 0 Å². The minimum absolute atomic E-state index is 0.116. The lowest BCUT2D eigenvalue weighted by Gasteiger charge is -2.17. The molecule has 4 nitrogen and oxygen atoms in total. The van der Waals surface area contributed by atoms with E-state index >= 15 is 0 Å². The molecule has 1 fully saturated rings. The smallest absolute Gasteiger partial charge is 0.337 e. The highest BCUT2D eigenvalue weighted by Gasteiger charge is 2.36. The number of hydrogen-bond donors (Lipinski definition) is 0. The zero-order valence-corrected chi connectivity index (χ0v) is 9.42. The highest BCUT2D eigenvalue weighted by Crippen LogP contribution is 2.32. The summed E-state index contributed by atoms with van der Waals surface area (Å²) in [6, 6.07) is 10.1. The molecule has 0 N–H and O–H groups in total. The Morgan fingerprint density at radius 3 is 2.75 bits per heavy atom. The van der Waals surface area contributed by atoms with Gasteiger partial charge in [-0.25, -0.2) is 4.79 Å². The van der Waals surface area contributed by atoms with E-state index in [2.05, 4.69) is 4.74 Å². The van der Waals surface area contributed by atoms with Gasteiger partial charge in [0.05, 0.1) is 13.2 Å². The highest BCUT2D eigenvalue weighted by atomic mass is 16.7. The fourth-order valence-electron chi connectivity index (χ4n) is 1.96. The number of ether oxygens (including phenoxy) is 1. The minimum atomic E-state index is -0.486. The molecule has 16 heavy (non-hydrogen) atoms. The summed E-state index contributed by atoms with van der Waals surface area (Å²) in [4.78, 5) is 16.8. The van der Waals surface area contributed by atoms with Crippen molar-refractivity contribution < 1.29 is 14.4 Å². The van der Waals surface area contributed by atoms with E-state index in [0.717, 1.165) is 5.56 Å². The Hall–Kier alpha value is -1.39. The van der Waals surface area contributed by atoms with Gasteiger partial charge in [-0.2, -0.15) is 5.06 Å². The van der Waals surface area contributed by atoms with Crippen LogP contribution in [0.3, 0.4) is 0 Å². The summed E-state index contributed by atoms with van der Waals surface area (Å²) >= 11 is 0. The lowest BCUT2D eigenvalue weighted by Crippen LogP contribution is -2.23. The van der Waals surface area contributed by atoms with Gasteiger partial charge in [0, 0.05) is 13.5 Å². The molecule has 2 atom stereocenters. The van der Waals surface area contributed by atoms with Crippen LogP contribution in [0.5, 0.6) is 0 Å². The summed E-state index contributed by atoms with van der Waals surface area (Å²) in [6.07, 6.45) is 0.146. The van der Waals surface area contributed by atoms with Crippen molar-refractivity contribution in [2.45, 2.75) is 18.6 Å². The molecule has 1 saturated heterocycles. The topological polar surface area (TPSA) is 38.8 Å². The molecular weight excluding hydrogens is 206 g/mol. The van der Waals surface area contributed by atoms with Gasteiger partial charge in [-0.1, -0.05) is 30.3 Å². The molecule has 0 aliphatic carbocycles. The first-order chi connectivity index (χ1) is 7.72. The SMILES string of the molecule is COC(=O)C1CC(c2ccccc2)N(C)O1. The van der Waals surface area contributed by atoms with Gasteiger partial charge in [0.15, 0.2) is 6.10 Å². The summed E-state index contributed by atoms with van der Waals surface area (Å²) in [5.74, 6) is -0.315. The first kappa shape index (κ1) is 11.1. The number of esters is 1. The second-order valence-electron chi connectivity index (χ2n) is 3.83. The Labute approximate surface area is 94.7 Å². The zero-order chi connectivity index (χ0) is 11.5. The molecule has 1 heterocycles. The Kier molecular flexibility index (Phi) is 3.22. The molecular formula is C12H15NO3. The van der Waals surface area contributed by atoms with E-state index < -0.39 is 6.10 Å². The molecule has 1 aromatic carbocycles. The van der Waals surface area contributed by atoms with Gasteiger partial charge in [-0.15, -0.1) is 0 Å². The average Bonchev–Trinajstić information content (AvgIpc) is 2.71. The van der Waals surface area contributed by atoms with Crippen LogP contribution in [0.4, 0.5) is 0 Å². The van der Waals surface area contributed by atoms with E-state index in [9.17, 15) is 4.79 Å². The third-order valence-corrected chi connectivity index (χ3v) is 2.82. The molecule has 0 spiro atoms. The van der Waals surface area contributed by atoms with Gasteiger partial charge in [0.25, 0.3) is 0 Å². The molecule has 0 aromatic heterocycles. The lowest BCUT2D eigenvalue weighted by molar-refractivity contribution is -0.179. The predicted molar refractivity (Wildman–Crippen MR) is 58.5 cm³/mol. The van der Waals surface area contributed by atoms with Gasteiger partial charge < -0.3 is 4.74 Å². The van der Waals surface area contributed by atoms with Crippen LogP contribution in [-0.4, -0.2) is 31.3 Å². The number of hydrogen-bond acceptors (Lipinski definition) is 4. The van der Waals surface area contributed by atoms with E-state index in [1.54, 1.807) is 5.06 Å². The van der Waals surface area contributed by atoms with Crippen LogP contribution in [0.25, 0.3) is 0 Å². The second kappa shape index (κ2) is 4.63. The molecule has 2 rings (SSSR count). The number of carbonyl (C=O) groups is 1. The Bertz CT molecular complexity index is 366. The van der Waals surface area contributed by atoms with Gasteiger partial charge >= 0.3 is 5.97 Å². The molecule has 1 aliphatic rings. The molecule has 0 bridgehead atoms. The Morgan fingerprint density at radius 2 is 2.12 bits per heavy atom. The maximum Gasteiger partial charge on any atom is 0.337 e. The van der Waals surface area contributed by atoms with Crippen molar-refractivity contribution in [2.24, 2.45) is 0 Å². The van der Waals surface area contributed by atoms with Gasteiger partial charge in [-0.05, 0) is 5.56 Å². The van der Waals surface area contributed by atoms with Crippen LogP contribution >= 0.6 is 0 Å². The normalized spacial score (nSPS) is 25.6. The van der Waals surface area contributed by atoms with E-state index in [4.69, 9.17) is 4.84 Å². The van der Waals surface area contributed by atoms with Crippen LogP contribution in [0.1, 0.15) is 18.0 Å². The van der Waals surface area contributed by atoms with Crippen LogP contribution in [0, 0.1) is 0 Å². The molecule has 4 heteroatoms. The fourth-order valence-corrected chi connectivity index (χ4v) is 1.96. The van der Waals surface area contributed by atoms with Crippen LogP contribution in [0.15, 0.2) is 30.3 Å². The first-order valence-corrected chi connectivity index (χ1v) is 5.24.